The first-order chi connectivity index (χ1) is 22.7. The number of carbonyl (C=O) groups excluding carboxylic acids is 3. The number of hydrogen-bond donors (Lipinski definition) is 4. The van der Waals surface area contributed by atoms with Crippen molar-refractivity contribution in [2.75, 3.05) is 40.3 Å². The quantitative estimate of drug-likeness (QED) is 0.179. The van der Waals surface area contributed by atoms with Crippen molar-refractivity contribution in [3.05, 3.63) is 81.6 Å². The van der Waals surface area contributed by atoms with Crippen molar-refractivity contribution in [3.63, 3.8) is 0 Å². The molecule has 2 amide bonds. The fourth-order valence-electron chi connectivity index (χ4n) is 6.13. The summed E-state index contributed by atoms with van der Waals surface area (Å²) in [4.78, 5) is 54.7. The molecule has 4 N–H and O–H groups in total. The van der Waals surface area contributed by atoms with Gasteiger partial charge in [-0.1, -0.05) is 24.3 Å². The van der Waals surface area contributed by atoms with Crippen molar-refractivity contribution in [3.8, 4) is 28.4 Å². The van der Waals surface area contributed by atoms with Crippen LogP contribution in [0.25, 0.3) is 22.0 Å². The first-order valence-corrected chi connectivity index (χ1v) is 15.1. The van der Waals surface area contributed by atoms with Crippen molar-refractivity contribution in [2.45, 2.75) is 38.3 Å². The first-order valence-electron chi connectivity index (χ1n) is 15.1. The molecule has 1 aliphatic carbocycles. The van der Waals surface area contributed by atoms with Crippen LogP contribution in [0, 0.1) is 0 Å². The van der Waals surface area contributed by atoms with Crippen LogP contribution in [0.5, 0.6) is 17.2 Å². The topological polar surface area (TPSA) is 157 Å². The second-order valence-electron chi connectivity index (χ2n) is 11.2. The zero-order valence-corrected chi connectivity index (χ0v) is 26.9. The van der Waals surface area contributed by atoms with Gasteiger partial charge in [0.15, 0.2) is 11.5 Å². The van der Waals surface area contributed by atoms with Crippen molar-refractivity contribution < 1.29 is 33.3 Å². The minimum Gasteiger partial charge on any atom is -0.493 e. The number of methoxy groups -OCH3 is 4. The molecule has 2 atom stereocenters. The van der Waals surface area contributed by atoms with E-state index in [2.05, 4.69) is 20.9 Å². The van der Waals surface area contributed by atoms with Crippen LogP contribution in [0.1, 0.15) is 36.1 Å². The predicted molar refractivity (Wildman–Crippen MR) is 177 cm³/mol. The van der Waals surface area contributed by atoms with Crippen molar-refractivity contribution in [2.24, 2.45) is 0 Å². The summed E-state index contributed by atoms with van der Waals surface area (Å²) in [7, 11) is 5.85. The van der Waals surface area contributed by atoms with E-state index in [9.17, 15) is 19.2 Å². The normalized spacial score (nSPS) is 14.1. The lowest BCUT2D eigenvalue weighted by Gasteiger charge is -2.19. The highest BCUT2D eigenvalue weighted by Crippen LogP contribution is 2.50. The van der Waals surface area contributed by atoms with E-state index in [4.69, 9.17) is 18.9 Å². The highest BCUT2D eigenvalue weighted by atomic mass is 16.5. The minimum atomic E-state index is -0.947. The number of esters is 1. The average molecular weight is 643 g/mol. The van der Waals surface area contributed by atoms with Crippen molar-refractivity contribution >= 4 is 34.4 Å². The lowest BCUT2D eigenvalue weighted by Crippen LogP contribution is -2.45. The number of fused-ring (bicyclic) bond motifs is 4. The molecule has 0 fully saturated rings. The van der Waals surface area contributed by atoms with Crippen LogP contribution in [0.2, 0.25) is 0 Å². The second kappa shape index (κ2) is 14.3. The third-order valence-corrected chi connectivity index (χ3v) is 8.28. The van der Waals surface area contributed by atoms with Gasteiger partial charge in [0.25, 0.3) is 0 Å². The van der Waals surface area contributed by atoms with Gasteiger partial charge in [-0.25, -0.2) is 4.79 Å². The van der Waals surface area contributed by atoms with Gasteiger partial charge in [-0.3, -0.25) is 14.4 Å². The molecule has 1 aromatic heterocycles. The molecule has 4 aromatic rings. The van der Waals surface area contributed by atoms with Gasteiger partial charge in [0.1, 0.15) is 6.04 Å². The van der Waals surface area contributed by atoms with Crippen molar-refractivity contribution in [1.29, 1.82) is 0 Å². The smallest absolute Gasteiger partial charge is 0.328 e. The Hall–Kier alpha value is -5.52. The molecule has 0 spiro atoms. The fraction of sp³-hybridized carbons (Fsp3) is 0.314. The van der Waals surface area contributed by atoms with Gasteiger partial charge in [0, 0.05) is 36.0 Å². The third kappa shape index (κ3) is 6.86. The Bertz CT molecular complexity index is 1890. The summed E-state index contributed by atoms with van der Waals surface area (Å²) >= 11 is 0. The Kier molecular flexibility index (Phi) is 9.98. The Morgan fingerprint density at radius 3 is 2.45 bits per heavy atom. The van der Waals surface area contributed by atoms with Gasteiger partial charge in [-0.2, -0.15) is 0 Å². The molecule has 1 aliphatic rings. The molecular formula is C35H38N4O8. The standard InChI is InChI=1S/C35H38N4O8/c1-19(40)38-26-12-10-20-15-30(44-2)33(45-3)34(46-4)32(20)23-11-13-27(29(41)16-24(23)26)37-18-31(42)39-28(35(43)47-5)14-21-17-36-25-9-7-6-8-22(21)25/h6-9,11,13,15-17,26,28,36H,10,12,14,18H2,1-5H3,(H,37,41)(H,38,40)(H,39,42). The molecule has 0 saturated carbocycles. The molecule has 3 aromatic carbocycles. The van der Waals surface area contributed by atoms with E-state index in [-0.39, 0.29) is 30.0 Å². The van der Waals surface area contributed by atoms with Crippen LogP contribution < -0.4 is 35.6 Å². The number of benzene rings is 2. The number of aromatic amines is 1. The number of anilines is 1. The number of carbonyl (C=O) groups is 3. The van der Waals surface area contributed by atoms with E-state index >= 15 is 0 Å². The van der Waals surface area contributed by atoms with Gasteiger partial charge in [-0.05, 0) is 59.4 Å². The molecule has 1 heterocycles. The summed E-state index contributed by atoms with van der Waals surface area (Å²) in [6.07, 6.45) is 3.09. The number of nitrogens with one attached hydrogen (secondary N) is 4. The van der Waals surface area contributed by atoms with Gasteiger partial charge in [0.2, 0.25) is 23.0 Å². The van der Waals surface area contributed by atoms with Crippen LogP contribution in [-0.2, 0) is 32.0 Å². The summed E-state index contributed by atoms with van der Waals surface area (Å²) in [5, 5.41) is 9.57. The first kappa shape index (κ1) is 32.9. The Balaban J connectivity index is 1.45. The van der Waals surface area contributed by atoms with Crippen LogP contribution in [0.4, 0.5) is 5.69 Å². The van der Waals surface area contributed by atoms with E-state index in [1.165, 1.54) is 34.3 Å². The second-order valence-corrected chi connectivity index (χ2v) is 11.2. The number of amides is 2. The fourth-order valence-corrected chi connectivity index (χ4v) is 6.13. The number of para-hydroxylation sites is 1. The summed E-state index contributed by atoms with van der Waals surface area (Å²) in [5.74, 6) is -0.0107. The van der Waals surface area contributed by atoms with E-state index in [0.717, 1.165) is 22.0 Å². The summed E-state index contributed by atoms with van der Waals surface area (Å²) in [6, 6.07) is 12.9. The third-order valence-electron chi connectivity index (χ3n) is 8.28. The lowest BCUT2D eigenvalue weighted by molar-refractivity contribution is -0.144. The van der Waals surface area contributed by atoms with Crippen molar-refractivity contribution in [1.82, 2.24) is 15.6 Å². The molecule has 2 unspecified atom stereocenters. The minimum absolute atomic E-state index is 0.155. The van der Waals surface area contributed by atoms with Gasteiger partial charge in [-0.15, -0.1) is 0 Å². The highest BCUT2D eigenvalue weighted by Gasteiger charge is 2.30. The monoisotopic (exact) mass is 642 g/mol. The van der Waals surface area contributed by atoms with Crippen LogP contribution in [0.3, 0.4) is 0 Å². The molecule has 12 heteroatoms. The van der Waals surface area contributed by atoms with Gasteiger partial charge >= 0.3 is 5.97 Å². The average Bonchev–Trinajstić information content (AvgIpc) is 3.33. The number of rotatable bonds is 11. The van der Waals surface area contributed by atoms with Gasteiger partial charge in [0.05, 0.1) is 46.7 Å². The Morgan fingerprint density at radius 2 is 1.74 bits per heavy atom. The Labute approximate surface area is 271 Å². The summed E-state index contributed by atoms with van der Waals surface area (Å²) in [5.41, 5.74) is 4.39. The van der Waals surface area contributed by atoms with E-state index < -0.39 is 24.0 Å². The Morgan fingerprint density at radius 1 is 0.979 bits per heavy atom. The number of H-pyrrole nitrogens is 1. The SMILES string of the molecule is COC(=O)C(Cc1c[nH]c2ccccc12)NC(=O)CNc1ccc2c(cc1=O)C(NC(C)=O)CCc1cc(OC)c(OC)c(OC)c1-2. The zero-order chi connectivity index (χ0) is 33.7. The molecule has 0 radical (unpaired) electrons. The number of ether oxygens (including phenoxy) is 4. The molecule has 246 valence electrons. The van der Waals surface area contributed by atoms with E-state index in [1.54, 1.807) is 25.4 Å². The number of aryl methyl sites for hydroxylation is 1. The number of hydrogen-bond acceptors (Lipinski definition) is 9. The predicted octanol–water partition coefficient (Wildman–Crippen LogP) is 3.66. The molecule has 12 nitrogen and oxygen atoms in total. The highest BCUT2D eigenvalue weighted by molar-refractivity contribution is 5.89. The number of aromatic nitrogens is 1. The maximum atomic E-state index is 13.6. The van der Waals surface area contributed by atoms with E-state index in [1.807, 2.05) is 30.3 Å². The van der Waals surface area contributed by atoms with Gasteiger partial charge < -0.3 is 39.9 Å². The maximum absolute atomic E-state index is 13.6. The largest absolute Gasteiger partial charge is 0.493 e. The molecule has 47 heavy (non-hydrogen) atoms. The summed E-state index contributed by atoms with van der Waals surface area (Å²) < 4.78 is 22.0. The van der Waals surface area contributed by atoms with Crippen LogP contribution in [-0.4, -0.2) is 63.8 Å². The molecular weight excluding hydrogens is 604 g/mol. The lowest BCUT2D eigenvalue weighted by atomic mass is 9.95. The van der Waals surface area contributed by atoms with Crippen LogP contribution in [0.15, 0.2) is 59.5 Å². The molecule has 5 rings (SSSR count). The zero-order valence-electron chi connectivity index (χ0n) is 26.9. The molecule has 0 saturated heterocycles. The molecule has 0 bridgehead atoms. The van der Waals surface area contributed by atoms with E-state index in [0.29, 0.717) is 46.8 Å². The van der Waals surface area contributed by atoms with Crippen LogP contribution >= 0.6 is 0 Å². The molecule has 0 aliphatic heterocycles. The maximum Gasteiger partial charge on any atom is 0.328 e. The summed E-state index contributed by atoms with van der Waals surface area (Å²) in [6.45, 7) is 1.14.